The summed E-state index contributed by atoms with van der Waals surface area (Å²) in [6, 6.07) is 6.61. The second-order valence-electron chi connectivity index (χ2n) is 6.16. The third-order valence-electron chi connectivity index (χ3n) is 4.51. The molecule has 0 N–H and O–H groups in total. The molecule has 2 aliphatic rings. The van der Waals surface area contributed by atoms with Crippen LogP contribution in [-0.2, 0) is 22.0 Å². The molecule has 3 unspecified atom stereocenters. The van der Waals surface area contributed by atoms with Gasteiger partial charge in [0.25, 0.3) is 0 Å². The second-order valence-corrected chi connectivity index (χ2v) is 8.46. The molecule has 1 aliphatic carbocycles. The molecule has 25 heavy (non-hydrogen) atoms. The lowest BCUT2D eigenvalue weighted by Crippen LogP contribution is -2.34. The Labute approximate surface area is 190 Å². The van der Waals surface area contributed by atoms with Gasteiger partial charge in [-0.3, -0.25) is 0 Å². The molecule has 0 radical (unpaired) electrons. The van der Waals surface area contributed by atoms with Crippen molar-refractivity contribution in [3.63, 3.8) is 0 Å². The van der Waals surface area contributed by atoms with Crippen LogP contribution < -0.4 is 0 Å². The van der Waals surface area contributed by atoms with Crippen molar-refractivity contribution >= 4 is 68.6 Å². The molecule has 1 saturated heterocycles. The Morgan fingerprint density at radius 2 is 2.04 bits per heavy atom. The predicted molar refractivity (Wildman–Crippen MR) is 122 cm³/mol. The molecule has 0 bridgehead atoms. The van der Waals surface area contributed by atoms with E-state index in [1.807, 2.05) is 52.1 Å². The summed E-state index contributed by atoms with van der Waals surface area (Å²) in [6.45, 7) is 0.582. The van der Waals surface area contributed by atoms with Gasteiger partial charge in [0.1, 0.15) is 51.8 Å². The van der Waals surface area contributed by atoms with Gasteiger partial charge in [0.2, 0.25) is 0 Å². The zero-order valence-electron chi connectivity index (χ0n) is 13.7. The monoisotopic (exact) mass is 680 g/mol. The predicted octanol–water partition coefficient (Wildman–Crippen LogP) is 5.63. The SMILES string of the molecule is COC1=CC=C1Cc1ccc(I)c(C2CC(OI)CC(COI)O2)c1. The third kappa shape index (κ3) is 5.09. The normalized spacial score (nSPS) is 25.8. The van der Waals surface area contributed by atoms with Gasteiger partial charge in [-0.1, -0.05) is 18.2 Å². The van der Waals surface area contributed by atoms with E-state index in [9.17, 15) is 0 Å². The van der Waals surface area contributed by atoms with Crippen LogP contribution in [-0.4, -0.2) is 25.9 Å². The summed E-state index contributed by atoms with van der Waals surface area (Å²) in [4.78, 5) is 0. The zero-order valence-corrected chi connectivity index (χ0v) is 20.2. The highest BCUT2D eigenvalue weighted by molar-refractivity contribution is 14.1. The summed E-state index contributed by atoms with van der Waals surface area (Å²) in [7, 11) is 1.72. The van der Waals surface area contributed by atoms with E-state index in [4.69, 9.17) is 15.6 Å². The topological polar surface area (TPSA) is 36.9 Å². The first-order valence-electron chi connectivity index (χ1n) is 8.04. The fourth-order valence-corrected chi connectivity index (χ4v) is 4.71. The van der Waals surface area contributed by atoms with Crippen molar-refractivity contribution in [2.45, 2.75) is 37.6 Å². The molecule has 1 aromatic rings. The van der Waals surface area contributed by atoms with Gasteiger partial charge < -0.3 is 15.6 Å². The standard InChI is InChI=1S/C18H19I3O4/c1-22-17-5-3-12(17)6-11-2-4-16(19)15(7-11)18-9-13(25-21)8-14(24-18)10-23-20/h2-5,7,13-14,18H,6,8-10H2,1H3. The Kier molecular flexibility index (Phi) is 7.86. The Balaban J connectivity index is 1.77. The minimum atomic E-state index is 0.0322. The van der Waals surface area contributed by atoms with Gasteiger partial charge in [0, 0.05) is 22.8 Å². The third-order valence-corrected chi connectivity index (χ3v) is 6.57. The number of halogens is 3. The van der Waals surface area contributed by atoms with Crippen LogP contribution in [0.5, 0.6) is 0 Å². The number of hydrogen-bond acceptors (Lipinski definition) is 4. The smallest absolute Gasteiger partial charge is 0.122 e. The molecule has 7 heteroatoms. The zero-order chi connectivity index (χ0) is 17.8. The summed E-state index contributed by atoms with van der Waals surface area (Å²) in [5.41, 5.74) is 3.74. The van der Waals surface area contributed by atoms with E-state index in [0.29, 0.717) is 6.61 Å². The molecule has 3 rings (SSSR count). The van der Waals surface area contributed by atoms with Crippen LogP contribution >= 0.6 is 68.6 Å². The van der Waals surface area contributed by atoms with Crippen molar-refractivity contribution in [3.8, 4) is 0 Å². The van der Waals surface area contributed by atoms with E-state index < -0.39 is 0 Å². The maximum absolute atomic E-state index is 6.30. The fourth-order valence-electron chi connectivity index (χ4n) is 3.21. The van der Waals surface area contributed by atoms with Gasteiger partial charge in [-0.25, -0.2) is 0 Å². The lowest BCUT2D eigenvalue weighted by molar-refractivity contribution is -0.0938. The van der Waals surface area contributed by atoms with Crippen molar-refractivity contribution in [2.75, 3.05) is 13.7 Å². The number of benzene rings is 1. The molecule has 1 heterocycles. The van der Waals surface area contributed by atoms with Crippen LogP contribution in [0.15, 0.2) is 41.7 Å². The number of methoxy groups -OCH3 is 1. The van der Waals surface area contributed by atoms with Crippen molar-refractivity contribution in [1.29, 1.82) is 0 Å². The van der Waals surface area contributed by atoms with Crippen molar-refractivity contribution in [1.82, 2.24) is 0 Å². The van der Waals surface area contributed by atoms with Gasteiger partial charge >= 0.3 is 0 Å². The van der Waals surface area contributed by atoms with Crippen LogP contribution in [0, 0.1) is 3.57 Å². The first kappa shape index (κ1) is 20.3. The molecular weight excluding hydrogens is 661 g/mol. The fraction of sp³-hybridized carbons (Fsp3) is 0.444. The largest absolute Gasteiger partial charge is 0.496 e. The molecule has 1 aliphatic heterocycles. The van der Waals surface area contributed by atoms with Gasteiger partial charge in [0.05, 0.1) is 32.0 Å². The van der Waals surface area contributed by atoms with Crippen LogP contribution in [0.2, 0.25) is 0 Å². The highest BCUT2D eigenvalue weighted by Crippen LogP contribution is 2.37. The van der Waals surface area contributed by atoms with Gasteiger partial charge in [-0.2, -0.15) is 0 Å². The van der Waals surface area contributed by atoms with Gasteiger partial charge in [-0.15, -0.1) is 0 Å². The van der Waals surface area contributed by atoms with E-state index in [2.05, 4.69) is 46.9 Å². The molecule has 0 amide bonds. The average molecular weight is 680 g/mol. The number of ether oxygens (including phenoxy) is 2. The summed E-state index contributed by atoms with van der Waals surface area (Å²) in [5, 5.41) is 0. The summed E-state index contributed by atoms with van der Waals surface area (Å²) < 4.78 is 23.7. The summed E-state index contributed by atoms with van der Waals surface area (Å²) >= 11 is 6.31. The molecule has 0 aromatic heterocycles. The van der Waals surface area contributed by atoms with Crippen LogP contribution in [0.4, 0.5) is 0 Å². The van der Waals surface area contributed by atoms with Crippen molar-refractivity contribution in [2.24, 2.45) is 0 Å². The lowest BCUT2D eigenvalue weighted by atomic mass is 9.92. The molecule has 136 valence electrons. The highest BCUT2D eigenvalue weighted by Gasteiger charge is 2.32. The average Bonchev–Trinajstić information content (AvgIpc) is 2.60. The van der Waals surface area contributed by atoms with Gasteiger partial charge in [0.15, 0.2) is 0 Å². The Morgan fingerprint density at radius 1 is 1.20 bits per heavy atom. The van der Waals surface area contributed by atoms with E-state index in [1.54, 1.807) is 7.11 Å². The lowest BCUT2D eigenvalue weighted by Gasteiger charge is -2.34. The highest BCUT2D eigenvalue weighted by atomic mass is 127. The van der Waals surface area contributed by atoms with Gasteiger partial charge in [-0.05, 0) is 51.4 Å². The Bertz CT molecular complexity index is 674. The minimum absolute atomic E-state index is 0.0322. The quantitative estimate of drug-likeness (QED) is 0.351. The first-order chi connectivity index (χ1) is 12.1. The maximum atomic E-state index is 6.30. The van der Waals surface area contributed by atoms with Crippen molar-refractivity contribution < 1.29 is 15.6 Å². The van der Waals surface area contributed by atoms with E-state index in [1.165, 1.54) is 20.3 Å². The van der Waals surface area contributed by atoms with Crippen LogP contribution in [0.3, 0.4) is 0 Å². The van der Waals surface area contributed by atoms with Crippen molar-refractivity contribution in [3.05, 3.63) is 56.4 Å². The number of hydrogen-bond donors (Lipinski definition) is 0. The summed E-state index contributed by atoms with van der Waals surface area (Å²) in [5.74, 6) is 0.978. The number of allylic oxidation sites excluding steroid dienone is 3. The molecule has 1 aromatic carbocycles. The number of rotatable bonds is 7. The van der Waals surface area contributed by atoms with Crippen LogP contribution in [0.1, 0.15) is 30.1 Å². The van der Waals surface area contributed by atoms with E-state index >= 15 is 0 Å². The Morgan fingerprint density at radius 3 is 2.68 bits per heavy atom. The van der Waals surface area contributed by atoms with E-state index in [0.717, 1.165) is 25.0 Å². The second kappa shape index (κ2) is 9.67. The maximum Gasteiger partial charge on any atom is 0.122 e. The molecule has 1 fully saturated rings. The molecule has 3 atom stereocenters. The molecular formula is C18H19I3O4. The summed E-state index contributed by atoms with van der Waals surface area (Å²) in [6.07, 6.45) is 7.01. The molecule has 0 saturated carbocycles. The Hall–Kier alpha value is 0.570. The minimum Gasteiger partial charge on any atom is -0.496 e. The first-order valence-corrected chi connectivity index (χ1v) is 10.9. The van der Waals surface area contributed by atoms with Crippen LogP contribution in [0.25, 0.3) is 0 Å². The van der Waals surface area contributed by atoms with E-state index in [-0.39, 0.29) is 18.3 Å². The molecule has 0 spiro atoms. The molecule has 4 nitrogen and oxygen atoms in total.